The van der Waals surface area contributed by atoms with Crippen LogP contribution in [-0.4, -0.2) is 39.6 Å². The van der Waals surface area contributed by atoms with Crippen molar-refractivity contribution in [3.05, 3.63) is 83.4 Å². The van der Waals surface area contributed by atoms with Gasteiger partial charge >= 0.3 is 0 Å². The van der Waals surface area contributed by atoms with Gasteiger partial charge in [-0.3, -0.25) is 9.69 Å². The molecule has 31 heavy (non-hydrogen) atoms. The average Bonchev–Trinajstić information content (AvgIpc) is 3.26. The van der Waals surface area contributed by atoms with E-state index in [1.54, 1.807) is 18.3 Å². The summed E-state index contributed by atoms with van der Waals surface area (Å²) in [6, 6.07) is 17.7. The minimum Gasteiger partial charge on any atom is -0.352 e. The molecule has 1 spiro atoms. The summed E-state index contributed by atoms with van der Waals surface area (Å²) >= 11 is 6.06. The van der Waals surface area contributed by atoms with Gasteiger partial charge in [0.25, 0.3) is 5.91 Å². The molecule has 1 atom stereocenters. The molecule has 0 aliphatic carbocycles. The van der Waals surface area contributed by atoms with E-state index in [0.717, 1.165) is 38.3 Å². The van der Waals surface area contributed by atoms with Crippen LogP contribution in [0.2, 0.25) is 5.02 Å². The van der Waals surface area contributed by atoms with E-state index in [4.69, 9.17) is 16.3 Å². The molecule has 2 aliphatic heterocycles. The summed E-state index contributed by atoms with van der Waals surface area (Å²) in [6.07, 6.45) is 4.76. The lowest BCUT2D eigenvalue weighted by atomic mass is 9.88. The predicted octanol–water partition coefficient (Wildman–Crippen LogP) is 4.07. The number of ether oxygens (including phenoxy) is 1. The zero-order valence-electron chi connectivity index (χ0n) is 17.2. The van der Waals surface area contributed by atoms with Crippen LogP contribution in [0.25, 0.3) is 0 Å². The number of likely N-dealkylation sites (tertiary alicyclic amines) is 1. The van der Waals surface area contributed by atoms with Crippen molar-refractivity contribution in [2.24, 2.45) is 0 Å². The van der Waals surface area contributed by atoms with E-state index in [1.165, 1.54) is 5.56 Å². The number of halogens is 1. The van der Waals surface area contributed by atoms with Crippen LogP contribution in [0, 0.1) is 0 Å². The lowest BCUT2D eigenvalue weighted by molar-refractivity contribution is -0.170. The molecule has 1 amide bonds. The highest BCUT2D eigenvalue weighted by molar-refractivity contribution is 6.30. The predicted molar refractivity (Wildman–Crippen MR) is 120 cm³/mol. The number of carbonyl (C=O) groups is 1. The Hall–Kier alpha value is -2.67. The fraction of sp³-hybridized carbons (Fsp3) is 0.333. The number of carbonyl (C=O) groups excluding carboxylic acids is 1. The Morgan fingerprint density at radius 1 is 1.16 bits per heavy atom. The molecule has 2 aliphatic rings. The third-order valence-corrected chi connectivity index (χ3v) is 6.39. The van der Waals surface area contributed by atoms with E-state index in [0.29, 0.717) is 17.3 Å². The number of piperidine rings is 1. The lowest BCUT2D eigenvalue weighted by Gasteiger charge is -2.45. The number of benzene rings is 2. The Morgan fingerprint density at radius 2 is 1.97 bits per heavy atom. The van der Waals surface area contributed by atoms with Crippen molar-refractivity contribution in [1.29, 1.82) is 0 Å². The van der Waals surface area contributed by atoms with Gasteiger partial charge in [-0.2, -0.15) is 0 Å². The molecule has 3 aromatic rings. The van der Waals surface area contributed by atoms with Crippen molar-refractivity contribution < 1.29 is 9.53 Å². The van der Waals surface area contributed by atoms with Crippen LogP contribution in [0.3, 0.4) is 0 Å². The van der Waals surface area contributed by atoms with Crippen LogP contribution in [-0.2, 0) is 28.2 Å². The van der Waals surface area contributed by atoms with Crippen LogP contribution in [0.4, 0.5) is 5.69 Å². The summed E-state index contributed by atoms with van der Waals surface area (Å²) < 4.78 is 8.58. The summed E-state index contributed by atoms with van der Waals surface area (Å²) in [7, 11) is 0. The summed E-state index contributed by atoms with van der Waals surface area (Å²) in [5, 5.41) is 3.53. The van der Waals surface area contributed by atoms with Crippen molar-refractivity contribution in [2.45, 2.75) is 37.6 Å². The van der Waals surface area contributed by atoms with Crippen LogP contribution in [0.5, 0.6) is 0 Å². The first-order valence-electron chi connectivity index (χ1n) is 10.6. The first-order chi connectivity index (χ1) is 15.1. The standard InChI is InChI=1S/C24H25ClN4O2/c25-19-7-4-8-20(15-19)27-22(30)21-17-29-14-11-26-23(29)24(31-21)9-12-28(13-10-24)16-18-5-2-1-3-6-18/h1-8,11,14-15,21H,9-10,12-13,16-17H2,(H,27,30)/t21-/m1/s1. The summed E-state index contributed by atoms with van der Waals surface area (Å²) in [5.74, 6) is 0.770. The fourth-order valence-corrected chi connectivity index (χ4v) is 4.77. The smallest absolute Gasteiger partial charge is 0.255 e. The van der Waals surface area contributed by atoms with Gasteiger partial charge in [0, 0.05) is 42.7 Å². The van der Waals surface area contributed by atoms with Crippen molar-refractivity contribution in [1.82, 2.24) is 14.5 Å². The SMILES string of the molecule is O=C(Nc1cccc(Cl)c1)[C@H]1Cn2ccnc2C2(CCN(Cc3ccccc3)CC2)O1. The quantitative estimate of drug-likeness (QED) is 0.669. The number of fused-ring (bicyclic) bond motifs is 2. The van der Waals surface area contributed by atoms with Crippen LogP contribution < -0.4 is 5.32 Å². The van der Waals surface area contributed by atoms with E-state index in [2.05, 4.69) is 44.0 Å². The molecular formula is C24H25ClN4O2. The van der Waals surface area contributed by atoms with Gasteiger partial charge in [-0.15, -0.1) is 0 Å². The number of hydrogen-bond acceptors (Lipinski definition) is 4. The number of amides is 1. The lowest BCUT2D eigenvalue weighted by Crippen LogP contribution is -2.53. The van der Waals surface area contributed by atoms with Crippen LogP contribution in [0.1, 0.15) is 24.2 Å². The van der Waals surface area contributed by atoms with E-state index in [1.807, 2.05) is 24.4 Å². The number of hydrogen-bond donors (Lipinski definition) is 1. The maximum atomic E-state index is 13.0. The minimum absolute atomic E-state index is 0.160. The maximum Gasteiger partial charge on any atom is 0.255 e. The molecule has 3 heterocycles. The highest BCUT2D eigenvalue weighted by atomic mass is 35.5. The molecule has 0 saturated carbocycles. The minimum atomic E-state index is -0.582. The monoisotopic (exact) mass is 436 g/mol. The van der Waals surface area contributed by atoms with Gasteiger partial charge < -0.3 is 14.6 Å². The number of anilines is 1. The summed E-state index contributed by atoms with van der Waals surface area (Å²) in [4.78, 5) is 20.1. The Bertz CT molecular complexity index is 1060. The first-order valence-corrected chi connectivity index (χ1v) is 11.0. The second-order valence-corrected chi connectivity index (χ2v) is 8.70. The van der Waals surface area contributed by atoms with Gasteiger partial charge in [0.05, 0.1) is 6.54 Å². The maximum absolute atomic E-state index is 13.0. The molecule has 7 heteroatoms. The fourth-order valence-electron chi connectivity index (χ4n) is 4.58. The molecule has 160 valence electrons. The largest absolute Gasteiger partial charge is 0.352 e. The second-order valence-electron chi connectivity index (χ2n) is 8.27. The molecule has 5 rings (SSSR count). The molecular weight excluding hydrogens is 412 g/mol. The number of aromatic nitrogens is 2. The van der Waals surface area contributed by atoms with Gasteiger partial charge in [-0.25, -0.2) is 4.98 Å². The van der Waals surface area contributed by atoms with Crippen molar-refractivity contribution in [2.75, 3.05) is 18.4 Å². The number of nitrogens with one attached hydrogen (secondary N) is 1. The zero-order chi connectivity index (χ0) is 21.3. The summed E-state index contributed by atoms with van der Waals surface area (Å²) in [5.41, 5.74) is 1.44. The molecule has 6 nitrogen and oxygen atoms in total. The summed E-state index contributed by atoms with van der Waals surface area (Å²) in [6.45, 7) is 3.16. The van der Waals surface area contributed by atoms with Gasteiger partial charge in [0.2, 0.25) is 0 Å². The topological polar surface area (TPSA) is 59.4 Å². The van der Waals surface area contributed by atoms with Crippen molar-refractivity contribution in [3.8, 4) is 0 Å². The van der Waals surface area contributed by atoms with Gasteiger partial charge in [-0.1, -0.05) is 48.0 Å². The number of rotatable bonds is 4. The molecule has 1 N–H and O–H groups in total. The molecule has 0 bridgehead atoms. The van der Waals surface area contributed by atoms with Gasteiger partial charge in [0.1, 0.15) is 11.4 Å². The molecule has 1 aromatic heterocycles. The molecule has 0 unspecified atom stereocenters. The van der Waals surface area contributed by atoms with Crippen molar-refractivity contribution >= 4 is 23.2 Å². The number of nitrogens with zero attached hydrogens (tertiary/aromatic N) is 3. The highest BCUT2D eigenvalue weighted by Gasteiger charge is 2.47. The zero-order valence-corrected chi connectivity index (χ0v) is 18.0. The van der Waals surface area contributed by atoms with E-state index >= 15 is 0 Å². The van der Waals surface area contributed by atoms with Crippen molar-refractivity contribution in [3.63, 3.8) is 0 Å². The Morgan fingerprint density at radius 3 is 2.74 bits per heavy atom. The highest BCUT2D eigenvalue weighted by Crippen LogP contribution is 2.40. The first kappa shape index (κ1) is 20.2. The third kappa shape index (κ3) is 4.24. The second kappa shape index (κ2) is 8.46. The average molecular weight is 437 g/mol. The van der Waals surface area contributed by atoms with Gasteiger partial charge in [-0.05, 0) is 36.6 Å². The number of imidazole rings is 1. The molecule has 1 saturated heterocycles. The van der Waals surface area contributed by atoms with E-state index < -0.39 is 11.7 Å². The molecule has 1 fully saturated rings. The Balaban J connectivity index is 1.30. The van der Waals surface area contributed by atoms with Crippen LogP contribution >= 0.6 is 11.6 Å². The Labute approximate surface area is 186 Å². The van der Waals surface area contributed by atoms with E-state index in [9.17, 15) is 4.79 Å². The molecule has 0 radical (unpaired) electrons. The normalized spacial score (nSPS) is 20.4. The third-order valence-electron chi connectivity index (χ3n) is 6.15. The van der Waals surface area contributed by atoms with E-state index in [-0.39, 0.29) is 5.91 Å². The van der Waals surface area contributed by atoms with Crippen LogP contribution in [0.15, 0.2) is 67.0 Å². The van der Waals surface area contributed by atoms with Gasteiger partial charge in [0.15, 0.2) is 6.10 Å². The Kier molecular flexibility index (Phi) is 5.52. The molecule has 2 aromatic carbocycles.